The molecule has 1 aliphatic carbocycles. The molecule has 2 heterocycles. The van der Waals surface area contributed by atoms with Crippen LogP contribution in [-0.4, -0.2) is 35.5 Å². The van der Waals surface area contributed by atoms with Gasteiger partial charge in [0.05, 0.1) is 6.54 Å². The molecule has 1 aromatic rings. The van der Waals surface area contributed by atoms with E-state index >= 15 is 0 Å². The van der Waals surface area contributed by atoms with Crippen LogP contribution in [0.15, 0.2) is 18.2 Å². The van der Waals surface area contributed by atoms with E-state index in [9.17, 15) is 9.59 Å². The van der Waals surface area contributed by atoms with Crippen LogP contribution in [0, 0.1) is 0 Å². The quantitative estimate of drug-likeness (QED) is 0.796. The van der Waals surface area contributed by atoms with Crippen molar-refractivity contribution < 1.29 is 9.59 Å². The standard InChI is InChI=1S/C16H19N3O2/c20-14-16(6-7-17-10-16)18-15(21)19(14)9-11-4-5-12-2-1-3-13(12)8-11/h4-5,8,17H,1-3,6-7,9-10H2,(H,18,21). The molecule has 0 aromatic heterocycles. The van der Waals surface area contributed by atoms with Gasteiger partial charge in [0.2, 0.25) is 0 Å². The second kappa shape index (κ2) is 4.56. The van der Waals surface area contributed by atoms with E-state index in [2.05, 4.69) is 22.8 Å². The highest BCUT2D eigenvalue weighted by molar-refractivity contribution is 6.07. The largest absolute Gasteiger partial charge is 0.325 e. The summed E-state index contributed by atoms with van der Waals surface area (Å²) in [5.74, 6) is -0.0852. The summed E-state index contributed by atoms with van der Waals surface area (Å²) in [6, 6.07) is 6.08. The number of rotatable bonds is 2. The van der Waals surface area contributed by atoms with Gasteiger partial charge in [-0.2, -0.15) is 0 Å². The van der Waals surface area contributed by atoms with Crippen molar-refractivity contribution >= 4 is 11.9 Å². The van der Waals surface area contributed by atoms with Crippen molar-refractivity contribution in [1.29, 1.82) is 0 Å². The number of imide groups is 1. The number of nitrogens with one attached hydrogen (secondary N) is 2. The Morgan fingerprint density at radius 1 is 1.19 bits per heavy atom. The Hall–Kier alpha value is -1.88. The van der Waals surface area contributed by atoms with Gasteiger partial charge in [0.25, 0.3) is 5.91 Å². The van der Waals surface area contributed by atoms with E-state index in [1.165, 1.54) is 22.4 Å². The molecule has 1 unspecified atom stereocenters. The Bertz CT molecular complexity index is 620. The second-order valence-electron chi connectivity index (χ2n) is 6.29. The molecular formula is C16H19N3O2. The SMILES string of the molecule is O=C1NC2(CCNC2)C(=O)N1Cc1ccc2c(c1)CCC2. The van der Waals surface area contributed by atoms with Gasteiger partial charge < -0.3 is 10.6 Å². The zero-order valence-electron chi connectivity index (χ0n) is 11.9. The third-order valence-electron chi connectivity index (χ3n) is 4.90. The molecule has 1 spiro atoms. The van der Waals surface area contributed by atoms with Crippen molar-refractivity contribution in [3.8, 4) is 0 Å². The van der Waals surface area contributed by atoms with Gasteiger partial charge in [0.15, 0.2) is 0 Å². The van der Waals surface area contributed by atoms with Gasteiger partial charge in [-0.1, -0.05) is 18.2 Å². The maximum Gasteiger partial charge on any atom is 0.325 e. The predicted octanol–water partition coefficient (Wildman–Crippen LogP) is 0.959. The van der Waals surface area contributed by atoms with Crippen molar-refractivity contribution in [2.45, 2.75) is 37.8 Å². The number of hydrogen-bond acceptors (Lipinski definition) is 3. The van der Waals surface area contributed by atoms with Crippen LogP contribution < -0.4 is 10.6 Å². The van der Waals surface area contributed by atoms with Crippen LogP contribution in [0.4, 0.5) is 4.79 Å². The first-order valence-electron chi connectivity index (χ1n) is 7.63. The molecule has 4 rings (SSSR count). The number of urea groups is 1. The van der Waals surface area contributed by atoms with Crippen molar-refractivity contribution in [3.05, 3.63) is 34.9 Å². The molecule has 3 amide bonds. The highest BCUT2D eigenvalue weighted by Gasteiger charge is 2.52. The van der Waals surface area contributed by atoms with E-state index in [-0.39, 0.29) is 11.9 Å². The molecule has 0 radical (unpaired) electrons. The van der Waals surface area contributed by atoms with Crippen molar-refractivity contribution in [2.75, 3.05) is 13.1 Å². The maximum absolute atomic E-state index is 12.6. The second-order valence-corrected chi connectivity index (χ2v) is 6.29. The van der Waals surface area contributed by atoms with Crippen LogP contribution in [0.25, 0.3) is 0 Å². The lowest BCUT2D eigenvalue weighted by molar-refractivity contribution is -0.131. The molecule has 1 aromatic carbocycles. The van der Waals surface area contributed by atoms with E-state index in [4.69, 9.17) is 0 Å². The average Bonchev–Trinajstić information content (AvgIpc) is 3.16. The number of amides is 3. The number of fused-ring (bicyclic) bond motifs is 1. The lowest BCUT2D eigenvalue weighted by Gasteiger charge is -2.19. The summed E-state index contributed by atoms with van der Waals surface area (Å²) in [7, 11) is 0. The predicted molar refractivity (Wildman–Crippen MR) is 77.8 cm³/mol. The molecule has 21 heavy (non-hydrogen) atoms. The Balaban J connectivity index is 1.57. The zero-order valence-corrected chi connectivity index (χ0v) is 11.9. The van der Waals surface area contributed by atoms with Crippen LogP contribution in [0.5, 0.6) is 0 Å². The van der Waals surface area contributed by atoms with Gasteiger partial charge in [0, 0.05) is 6.54 Å². The molecular weight excluding hydrogens is 266 g/mol. The third kappa shape index (κ3) is 1.95. The van der Waals surface area contributed by atoms with E-state index in [1.54, 1.807) is 0 Å². The first kappa shape index (κ1) is 12.8. The molecule has 2 fully saturated rings. The summed E-state index contributed by atoms with van der Waals surface area (Å²) in [6.45, 7) is 1.69. The summed E-state index contributed by atoms with van der Waals surface area (Å²) < 4.78 is 0. The molecule has 0 saturated carbocycles. The monoisotopic (exact) mass is 285 g/mol. The summed E-state index contributed by atoms with van der Waals surface area (Å²) in [6.07, 6.45) is 4.14. The minimum atomic E-state index is -0.701. The molecule has 5 nitrogen and oxygen atoms in total. The maximum atomic E-state index is 12.6. The van der Waals surface area contributed by atoms with Gasteiger partial charge in [-0.3, -0.25) is 9.69 Å². The van der Waals surface area contributed by atoms with Crippen molar-refractivity contribution in [1.82, 2.24) is 15.5 Å². The first-order chi connectivity index (χ1) is 10.2. The van der Waals surface area contributed by atoms with Crippen LogP contribution in [0.1, 0.15) is 29.5 Å². The number of nitrogens with zero attached hydrogens (tertiary/aromatic N) is 1. The minimum Gasteiger partial charge on any atom is -0.322 e. The first-order valence-corrected chi connectivity index (χ1v) is 7.63. The summed E-state index contributed by atoms with van der Waals surface area (Å²) in [5.41, 5.74) is 3.12. The number of aryl methyl sites for hydroxylation is 2. The highest BCUT2D eigenvalue weighted by Crippen LogP contribution is 2.27. The lowest BCUT2D eigenvalue weighted by Crippen LogP contribution is -2.48. The summed E-state index contributed by atoms with van der Waals surface area (Å²) in [5, 5.41) is 6.04. The Morgan fingerprint density at radius 2 is 2.05 bits per heavy atom. The zero-order chi connectivity index (χ0) is 14.4. The fraction of sp³-hybridized carbons (Fsp3) is 0.500. The third-order valence-corrected chi connectivity index (χ3v) is 4.90. The van der Waals surface area contributed by atoms with E-state index < -0.39 is 5.54 Å². The number of benzene rings is 1. The molecule has 0 bridgehead atoms. The summed E-state index contributed by atoms with van der Waals surface area (Å²) >= 11 is 0. The van der Waals surface area contributed by atoms with Crippen LogP contribution in [0.2, 0.25) is 0 Å². The Labute approximate surface area is 123 Å². The average molecular weight is 285 g/mol. The fourth-order valence-electron chi connectivity index (χ4n) is 3.71. The Morgan fingerprint density at radius 3 is 2.86 bits per heavy atom. The van der Waals surface area contributed by atoms with Gasteiger partial charge in [-0.25, -0.2) is 4.79 Å². The number of carbonyl (C=O) groups excluding carboxylic acids is 2. The van der Waals surface area contributed by atoms with Crippen LogP contribution in [0.3, 0.4) is 0 Å². The van der Waals surface area contributed by atoms with E-state index in [1.807, 2.05) is 6.07 Å². The van der Waals surface area contributed by atoms with E-state index in [0.717, 1.165) is 24.9 Å². The molecule has 2 aliphatic heterocycles. The normalized spacial score (nSPS) is 27.5. The van der Waals surface area contributed by atoms with Gasteiger partial charge in [-0.15, -0.1) is 0 Å². The van der Waals surface area contributed by atoms with Crippen LogP contribution >= 0.6 is 0 Å². The Kier molecular flexibility index (Phi) is 2.79. The highest BCUT2D eigenvalue weighted by atomic mass is 16.2. The lowest BCUT2D eigenvalue weighted by atomic mass is 9.99. The molecule has 110 valence electrons. The molecule has 2 saturated heterocycles. The molecule has 1 atom stereocenters. The molecule has 5 heteroatoms. The van der Waals surface area contributed by atoms with Gasteiger partial charge in [-0.05, 0) is 48.9 Å². The van der Waals surface area contributed by atoms with Gasteiger partial charge >= 0.3 is 6.03 Å². The fourth-order valence-corrected chi connectivity index (χ4v) is 3.71. The van der Waals surface area contributed by atoms with Crippen LogP contribution in [-0.2, 0) is 24.2 Å². The number of hydrogen-bond donors (Lipinski definition) is 2. The van der Waals surface area contributed by atoms with Gasteiger partial charge in [0.1, 0.15) is 5.54 Å². The topological polar surface area (TPSA) is 61.4 Å². The number of carbonyl (C=O) groups is 2. The van der Waals surface area contributed by atoms with Crippen molar-refractivity contribution in [2.24, 2.45) is 0 Å². The van der Waals surface area contributed by atoms with Crippen molar-refractivity contribution in [3.63, 3.8) is 0 Å². The molecule has 3 aliphatic rings. The van der Waals surface area contributed by atoms with E-state index in [0.29, 0.717) is 19.5 Å². The molecule has 2 N–H and O–H groups in total. The minimum absolute atomic E-state index is 0.0852. The smallest absolute Gasteiger partial charge is 0.322 e. The summed E-state index contributed by atoms with van der Waals surface area (Å²) in [4.78, 5) is 26.1.